The fraction of sp³-hybridized carbons (Fsp3) is 1.00. The van der Waals surface area contributed by atoms with Gasteiger partial charge in [-0.05, 0) is 69.2 Å². The zero-order chi connectivity index (χ0) is 18.9. The molecule has 0 saturated heterocycles. The van der Waals surface area contributed by atoms with Gasteiger partial charge in [0.2, 0.25) is 0 Å². The van der Waals surface area contributed by atoms with E-state index in [9.17, 15) is 0 Å². The molecule has 5 nitrogen and oxygen atoms in total. The van der Waals surface area contributed by atoms with Gasteiger partial charge in [-0.1, -0.05) is 0 Å². The molecule has 0 amide bonds. The summed E-state index contributed by atoms with van der Waals surface area (Å²) in [6.45, 7) is 20.2. The number of rotatable bonds is 13. The zero-order valence-electron chi connectivity index (χ0n) is 17.2. The summed E-state index contributed by atoms with van der Waals surface area (Å²) < 4.78 is 30.5. The summed E-state index contributed by atoms with van der Waals surface area (Å²) in [6, 6.07) is 0. The van der Waals surface area contributed by atoms with Crippen molar-refractivity contribution in [2.45, 2.75) is 111 Å². The molecule has 0 aromatic heterocycles. The molecule has 0 saturated carbocycles. The van der Waals surface area contributed by atoms with Gasteiger partial charge >= 0.3 is 8.80 Å². The van der Waals surface area contributed by atoms with E-state index in [2.05, 4.69) is 0 Å². The third-order valence-corrected chi connectivity index (χ3v) is 8.17. The molecule has 0 atom stereocenters. The van der Waals surface area contributed by atoms with Crippen molar-refractivity contribution in [2.75, 3.05) is 0 Å². The van der Waals surface area contributed by atoms with Crippen LogP contribution in [0.3, 0.4) is 0 Å². The van der Waals surface area contributed by atoms with Crippen LogP contribution in [0.2, 0.25) is 5.67 Å². The third kappa shape index (κ3) is 11.7. The molecule has 0 spiro atoms. The quantitative estimate of drug-likeness (QED) is 0.358. The van der Waals surface area contributed by atoms with Crippen LogP contribution < -0.4 is 0 Å². The van der Waals surface area contributed by atoms with Gasteiger partial charge in [-0.2, -0.15) is 0 Å². The summed E-state index contributed by atoms with van der Waals surface area (Å²) in [5.41, 5.74) is 0.700. The van der Waals surface area contributed by atoms with Gasteiger partial charge in [-0.25, -0.2) is 0 Å². The largest absolute Gasteiger partial charge is 0.498 e. The van der Waals surface area contributed by atoms with Gasteiger partial charge in [0.15, 0.2) is 0 Å². The lowest BCUT2D eigenvalue weighted by Crippen LogP contribution is -2.53. The molecule has 0 N–H and O–H groups in total. The second kappa shape index (κ2) is 11.8. The van der Waals surface area contributed by atoms with Crippen molar-refractivity contribution >= 4 is 18.3 Å². The Kier molecular flexibility index (Phi) is 11.9. The summed E-state index contributed by atoms with van der Waals surface area (Å²) in [7, 11) is -2.40. The molecule has 2 radical (unpaired) electrons. The highest BCUT2D eigenvalue weighted by molar-refractivity contribution is 6.71. The summed E-state index contributed by atoms with van der Waals surface area (Å²) in [5.74, 6) is -0.251. The van der Waals surface area contributed by atoms with Crippen molar-refractivity contribution in [3.05, 3.63) is 0 Å². The Morgan fingerprint density at radius 3 is 1.17 bits per heavy atom. The Bertz CT molecular complexity index is 286. The molecule has 0 bridgehead atoms. The van der Waals surface area contributed by atoms with Gasteiger partial charge in [0.1, 0.15) is 15.4 Å². The molecule has 0 aromatic rings. The summed E-state index contributed by atoms with van der Waals surface area (Å²) in [4.78, 5) is 0. The summed E-state index contributed by atoms with van der Waals surface area (Å²) in [6.07, 6.45) is 0.374. The van der Waals surface area contributed by atoms with E-state index in [1.807, 2.05) is 69.2 Å². The topological polar surface area (TPSA) is 46.2 Å². The smallest absolute Gasteiger partial charge is 0.371 e. The standard InChI is InChI=1S/C17H38O5Si2/c1-12(2)18-17(19-13(3)4)23-11-24(20-14(5)6,21-15(7)8)22-16(9)10/h12-17H,11H2,1-10H3. The Morgan fingerprint density at radius 1 is 0.583 bits per heavy atom. The van der Waals surface area contributed by atoms with E-state index >= 15 is 0 Å². The Labute approximate surface area is 152 Å². The maximum atomic E-state index is 6.21. The average Bonchev–Trinajstić information content (AvgIpc) is 2.31. The maximum absolute atomic E-state index is 6.21. The number of ether oxygens (including phenoxy) is 2. The lowest BCUT2D eigenvalue weighted by molar-refractivity contribution is -0.134. The van der Waals surface area contributed by atoms with Crippen LogP contribution in [0.5, 0.6) is 0 Å². The van der Waals surface area contributed by atoms with Crippen molar-refractivity contribution < 1.29 is 22.8 Å². The predicted molar refractivity (Wildman–Crippen MR) is 101 cm³/mol. The van der Waals surface area contributed by atoms with E-state index < -0.39 is 8.80 Å². The molecule has 0 aliphatic carbocycles. The number of hydrogen-bond donors (Lipinski definition) is 0. The Hall–Kier alpha value is 0.234. The highest BCUT2D eigenvalue weighted by Crippen LogP contribution is 2.22. The lowest BCUT2D eigenvalue weighted by Gasteiger charge is -2.35. The first-order valence-electron chi connectivity index (χ1n) is 9.03. The molecule has 0 rings (SSSR count). The molecular weight excluding hydrogens is 340 g/mol. The van der Waals surface area contributed by atoms with Gasteiger partial charge in [0.05, 0.1) is 12.2 Å². The van der Waals surface area contributed by atoms with Gasteiger partial charge in [-0.3, -0.25) is 0 Å². The van der Waals surface area contributed by atoms with Crippen LogP contribution in [0.25, 0.3) is 0 Å². The Morgan fingerprint density at radius 2 is 0.917 bits per heavy atom. The fourth-order valence-corrected chi connectivity index (χ4v) is 7.84. The van der Waals surface area contributed by atoms with Crippen molar-refractivity contribution in [2.24, 2.45) is 0 Å². The highest BCUT2D eigenvalue weighted by Gasteiger charge is 2.45. The second-order valence-electron chi connectivity index (χ2n) is 7.27. The zero-order valence-corrected chi connectivity index (χ0v) is 19.2. The molecule has 0 fully saturated rings. The van der Waals surface area contributed by atoms with Crippen molar-refractivity contribution in [1.82, 2.24) is 0 Å². The van der Waals surface area contributed by atoms with Gasteiger partial charge < -0.3 is 22.8 Å². The van der Waals surface area contributed by atoms with Gasteiger partial charge in [-0.15, -0.1) is 0 Å². The van der Waals surface area contributed by atoms with Crippen molar-refractivity contribution in [1.29, 1.82) is 0 Å². The molecule has 0 unspecified atom stereocenters. The first-order chi connectivity index (χ1) is 11.0. The maximum Gasteiger partial charge on any atom is 0.498 e. The fourth-order valence-electron chi connectivity index (χ4n) is 2.12. The average molecular weight is 379 g/mol. The van der Waals surface area contributed by atoms with Crippen LogP contribution in [0.1, 0.15) is 69.2 Å². The van der Waals surface area contributed by atoms with E-state index in [-0.39, 0.29) is 36.4 Å². The molecule has 7 heteroatoms. The molecular formula is C17H38O5Si2. The molecule has 0 heterocycles. The molecule has 144 valence electrons. The van der Waals surface area contributed by atoms with Gasteiger partial charge in [0, 0.05) is 24.0 Å². The SMILES string of the molecule is CC(C)OC(OC(C)C)[Si]C[Si](OC(C)C)(OC(C)C)OC(C)C. The molecule has 24 heavy (non-hydrogen) atoms. The highest BCUT2D eigenvalue weighted by atomic mass is 28.4. The Balaban J connectivity index is 5.15. The van der Waals surface area contributed by atoms with E-state index in [0.29, 0.717) is 15.2 Å². The predicted octanol–water partition coefficient (Wildman–Crippen LogP) is 4.00. The monoisotopic (exact) mass is 378 g/mol. The van der Waals surface area contributed by atoms with E-state index in [4.69, 9.17) is 22.8 Å². The first-order valence-corrected chi connectivity index (χ1v) is 12.2. The van der Waals surface area contributed by atoms with Crippen LogP contribution in [-0.2, 0) is 22.8 Å². The van der Waals surface area contributed by atoms with Gasteiger partial charge in [0.25, 0.3) is 0 Å². The normalized spacial score (nSPS) is 13.5. The van der Waals surface area contributed by atoms with E-state index in [1.165, 1.54) is 0 Å². The summed E-state index contributed by atoms with van der Waals surface area (Å²) in [5, 5.41) is 0. The van der Waals surface area contributed by atoms with Crippen LogP contribution in [0.15, 0.2) is 0 Å². The number of hydrogen-bond acceptors (Lipinski definition) is 5. The summed E-state index contributed by atoms with van der Waals surface area (Å²) >= 11 is 0. The van der Waals surface area contributed by atoms with E-state index in [0.717, 1.165) is 0 Å². The molecule has 0 aliphatic rings. The van der Waals surface area contributed by atoms with Crippen LogP contribution in [-0.4, -0.2) is 54.8 Å². The lowest BCUT2D eigenvalue weighted by atomic mass is 10.5. The molecule has 0 aliphatic heterocycles. The van der Waals surface area contributed by atoms with Crippen molar-refractivity contribution in [3.63, 3.8) is 0 Å². The minimum Gasteiger partial charge on any atom is -0.371 e. The minimum atomic E-state index is -2.80. The molecule has 0 aromatic carbocycles. The minimum absolute atomic E-state index is 0.0504. The van der Waals surface area contributed by atoms with Crippen LogP contribution in [0.4, 0.5) is 0 Å². The third-order valence-electron chi connectivity index (χ3n) is 2.52. The first kappa shape index (κ1) is 24.2. The van der Waals surface area contributed by atoms with Crippen LogP contribution >= 0.6 is 0 Å². The van der Waals surface area contributed by atoms with E-state index in [1.54, 1.807) is 0 Å². The van der Waals surface area contributed by atoms with Crippen LogP contribution in [0, 0.1) is 0 Å². The van der Waals surface area contributed by atoms with Crippen molar-refractivity contribution in [3.8, 4) is 0 Å². The second-order valence-corrected chi connectivity index (χ2v) is 11.6.